The van der Waals surface area contributed by atoms with Gasteiger partial charge in [-0.05, 0) is 73.4 Å². The number of fused-ring (bicyclic) bond motifs is 2. The summed E-state index contributed by atoms with van der Waals surface area (Å²) in [4.78, 5) is 25.4. The summed E-state index contributed by atoms with van der Waals surface area (Å²) in [5.74, 6) is 0.798. The Morgan fingerprint density at radius 2 is 1.86 bits per heavy atom. The van der Waals surface area contributed by atoms with E-state index in [9.17, 15) is 4.79 Å². The van der Waals surface area contributed by atoms with Gasteiger partial charge in [-0.25, -0.2) is 0 Å². The fourth-order valence-electron chi connectivity index (χ4n) is 6.72. The molecule has 0 atom stereocenters. The molecule has 1 aromatic carbocycles. The number of pyridine rings is 2. The number of furan rings is 1. The number of nitrogens with zero attached hydrogens (tertiary/aromatic N) is 5. The second-order valence-corrected chi connectivity index (χ2v) is 13.7. The molecule has 0 saturated heterocycles. The van der Waals surface area contributed by atoms with Crippen molar-refractivity contribution in [1.29, 1.82) is 0 Å². The molecule has 0 spiro atoms. The second-order valence-electron chi connectivity index (χ2n) is 13.7. The zero-order valence-corrected chi connectivity index (χ0v) is 27.0. The number of aryl methyl sites for hydroxylation is 2. The van der Waals surface area contributed by atoms with E-state index in [0.717, 1.165) is 63.0 Å². The third-order valence-electron chi connectivity index (χ3n) is 9.14. The van der Waals surface area contributed by atoms with Gasteiger partial charge >= 0.3 is 0 Å². The van der Waals surface area contributed by atoms with Crippen LogP contribution in [0.3, 0.4) is 0 Å². The topological polar surface area (TPSA) is 67.0 Å². The maximum atomic E-state index is 13.3. The minimum absolute atomic E-state index is 0.00336. The highest BCUT2D eigenvalue weighted by molar-refractivity contribution is 5.78. The van der Waals surface area contributed by atoms with Gasteiger partial charge in [-0.15, -0.1) is 0 Å². The molecule has 2 aliphatic rings. The van der Waals surface area contributed by atoms with Gasteiger partial charge in [0, 0.05) is 83.1 Å². The Morgan fingerprint density at radius 3 is 2.64 bits per heavy atom. The highest BCUT2D eigenvalue weighted by Crippen LogP contribution is 2.41. The number of benzene rings is 1. The van der Waals surface area contributed by atoms with E-state index in [1.54, 1.807) is 19.4 Å². The highest BCUT2D eigenvalue weighted by Gasteiger charge is 2.34. The molecule has 234 valence electrons. The van der Waals surface area contributed by atoms with Crippen molar-refractivity contribution in [3.8, 4) is 0 Å². The molecule has 0 amide bonds. The lowest BCUT2D eigenvalue weighted by Crippen LogP contribution is -2.40. The summed E-state index contributed by atoms with van der Waals surface area (Å²) in [6.07, 6.45) is 8.05. The molecule has 44 heavy (non-hydrogen) atoms. The Bertz CT molecular complexity index is 1650. The van der Waals surface area contributed by atoms with Crippen LogP contribution in [0.1, 0.15) is 49.1 Å². The van der Waals surface area contributed by atoms with Crippen LogP contribution in [-0.4, -0.2) is 60.9 Å². The molecule has 3 aromatic heterocycles. The number of rotatable bonds is 12. The summed E-state index contributed by atoms with van der Waals surface area (Å²) in [5.41, 5.74) is 7.99. The smallest absolute Gasteiger partial charge is 0.261 e. The third-order valence-corrected chi connectivity index (χ3v) is 9.14. The van der Waals surface area contributed by atoms with Gasteiger partial charge in [0.25, 0.3) is 5.56 Å². The highest BCUT2D eigenvalue weighted by atomic mass is 16.5. The maximum Gasteiger partial charge on any atom is 0.261 e. The SMILES string of the molecule is COCCN1CC(C)(C)CN(CC2CC2)c2cc(CN(CCn3cc(C)c4occc4c3=O)Cc3cccnc3C)ccc21. The first-order valence-electron chi connectivity index (χ1n) is 16.0. The van der Waals surface area contributed by atoms with Gasteiger partial charge in [0.05, 0.1) is 29.6 Å². The maximum absolute atomic E-state index is 13.3. The van der Waals surface area contributed by atoms with Crippen LogP contribution < -0.4 is 15.4 Å². The summed E-state index contributed by atoms with van der Waals surface area (Å²) in [5, 5.41) is 0.641. The molecule has 1 fully saturated rings. The van der Waals surface area contributed by atoms with E-state index in [4.69, 9.17) is 9.15 Å². The van der Waals surface area contributed by atoms with Crippen molar-refractivity contribution < 1.29 is 9.15 Å². The summed E-state index contributed by atoms with van der Waals surface area (Å²) < 4.78 is 12.9. The van der Waals surface area contributed by atoms with Gasteiger partial charge in [-0.1, -0.05) is 26.0 Å². The van der Waals surface area contributed by atoms with Gasteiger partial charge < -0.3 is 23.5 Å². The van der Waals surface area contributed by atoms with Crippen LogP contribution in [0.4, 0.5) is 11.4 Å². The Hall–Kier alpha value is -3.62. The molecule has 6 rings (SSSR count). The van der Waals surface area contributed by atoms with Crippen molar-refractivity contribution in [3.63, 3.8) is 0 Å². The molecule has 4 aromatic rings. The van der Waals surface area contributed by atoms with E-state index < -0.39 is 0 Å². The molecule has 0 N–H and O–H groups in total. The zero-order chi connectivity index (χ0) is 30.8. The number of hydrogen-bond acceptors (Lipinski definition) is 7. The van der Waals surface area contributed by atoms with Crippen molar-refractivity contribution in [2.45, 2.75) is 60.2 Å². The Labute approximate surface area is 261 Å². The van der Waals surface area contributed by atoms with Gasteiger partial charge in [-0.2, -0.15) is 0 Å². The molecule has 8 nitrogen and oxygen atoms in total. The van der Waals surface area contributed by atoms with E-state index in [1.807, 2.05) is 30.0 Å². The Balaban J connectivity index is 1.31. The van der Waals surface area contributed by atoms with Crippen LogP contribution in [0, 0.1) is 25.2 Å². The summed E-state index contributed by atoms with van der Waals surface area (Å²) in [6, 6.07) is 13.0. The number of aromatic nitrogens is 2. The molecule has 0 radical (unpaired) electrons. The predicted octanol–water partition coefficient (Wildman–Crippen LogP) is 6.02. The average molecular weight is 598 g/mol. The number of methoxy groups -OCH3 is 1. The lowest BCUT2D eigenvalue weighted by atomic mass is 9.92. The first-order valence-corrected chi connectivity index (χ1v) is 16.0. The zero-order valence-electron chi connectivity index (χ0n) is 27.0. The van der Waals surface area contributed by atoms with Crippen LogP contribution in [0.5, 0.6) is 0 Å². The lowest BCUT2D eigenvalue weighted by Gasteiger charge is -2.32. The molecule has 1 saturated carbocycles. The van der Waals surface area contributed by atoms with Gasteiger partial charge in [0.15, 0.2) is 0 Å². The first-order chi connectivity index (χ1) is 21.2. The Morgan fingerprint density at radius 1 is 1.05 bits per heavy atom. The monoisotopic (exact) mass is 597 g/mol. The third kappa shape index (κ3) is 6.87. The van der Waals surface area contributed by atoms with Crippen LogP contribution in [0.25, 0.3) is 11.0 Å². The summed E-state index contributed by atoms with van der Waals surface area (Å²) >= 11 is 0. The number of hydrogen-bond donors (Lipinski definition) is 0. The minimum atomic E-state index is -0.00336. The Kier molecular flexibility index (Phi) is 8.83. The van der Waals surface area contributed by atoms with Crippen LogP contribution in [0.15, 0.2) is 64.3 Å². The summed E-state index contributed by atoms with van der Waals surface area (Å²) in [6.45, 7) is 16.5. The van der Waals surface area contributed by atoms with E-state index in [-0.39, 0.29) is 11.0 Å². The van der Waals surface area contributed by atoms with Gasteiger partial charge in [-0.3, -0.25) is 14.7 Å². The van der Waals surface area contributed by atoms with E-state index in [0.29, 0.717) is 24.1 Å². The predicted molar refractivity (Wildman–Crippen MR) is 178 cm³/mol. The first kappa shape index (κ1) is 30.4. The number of ether oxygens (including phenoxy) is 1. The fourth-order valence-corrected chi connectivity index (χ4v) is 6.72. The second kappa shape index (κ2) is 12.8. The number of anilines is 2. The van der Waals surface area contributed by atoms with Crippen molar-refractivity contribution in [1.82, 2.24) is 14.5 Å². The van der Waals surface area contributed by atoms with E-state index in [1.165, 1.54) is 35.3 Å². The molecular weight excluding hydrogens is 550 g/mol. The quantitative estimate of drug-likeness (QED) is 0.198. The summed E-state index contributed by atoms with van der Waals surface area (Å²) in [7, 11) is 1.79. The van der Waals surface area contributed by atoms with Crippen molar-refractivity contribution in [2.24, 2.45) is 11.3 Å². The molecular formula is C36H47N5O3. The molecule has 0 bridgehead atoms. The largest absolute Gasteiger partial charge is 0.464 e. The van der Waals surface area contributed by atoms with Gasteiger partial charge in [0.1, 0.15) is 5.58 Å². The van der Waals surface area contributed by atoms with Gasteiger partial charge in [0.2, 0.25) is 0 Å². The normalized spacial score (nSPS) is 16.5. The fraction of sp³-hybridized carbons (Fsp3) is 0.500. The van der Waals surface area contributed by atoms with Crippen LogP contribution >= 0.6 is 0 Å². The van der Waals surface area contributed by atoms with Crippen molar-refractivity contribution in [3.05, 3.63) is 87.8 Å². The molecule has 0 unspecified atom stereocenters. The molecule has 8 heteroatoms. The van der Waals surface area contributed by atoms with E-state index in [2.05, 4.69) is 64.7 Å². The van der Waals surface area contributed by atoms with Crippen molar-refractivity contribution >= 4 is 22.3 Å². The molecule has 1 aliphatic carbocycles. The van der Waals surface area contributed by atoms with Crippen LogP contribution in [0.2, 0.25) is 0 Å². The molecule has 4 heterocycles. The average Bonchev–Trinajstić information content (AvgIpc) is 3.69. The minimum Gasteiger partial charge on any atom is -0.464 e. The van der Waals surface area contributed by atoms with E-state index >= 15 is 0 Å². The van der Waals surface area contributed by atoms with Crippen molar-refractivity contribution in [2.75, 3.05) is 56.2 Å². The standard InChI is InChI=1S/C36H47N5O3/c1-26-20-39(35(42)31-12-17-44-34(26)31)15-14-38(23-30-7-6-13-37-27(30)2)21-29-10-11-32-33(19-29)41(22-28-8-9-28)25-36(3,4)24-40(32)16-18-43-5/h6-7,10-13,17,19-20,28H,8-9,14-16,18,21-25H2,1-5H3. The van der Waals surface area contributed by atoms with Crippen LogP contribution in [-0.2, 0) is 24.4 Å². The lowest BCUT2D eigenvalue weighted by molar-refractivity contribution is 0.202. The molecule has 1 aliphatic heterocycles.